The Hall–Kier alpha value is -2.57. The lowest BCUT2D eigenvalue weighted by atomic mass is 10.0. The molecule has 3 rings (SSSR count). The Labute approximate surface area is 185 Å². The number of ether oxygens (including phenoxy) is 1. The summed E-state index contributed by atoms with van der Waals surface area (Å²) in [5, 5.41) is 3.01. The molecule has 7 nitrogen and oxygen atoms in total. The van der Waals surface area contributed by atoms with E-state index >= 15 is 0 Å². The molecule has 1 N–H and O–H groups in total. The number of likely N-dealkylation sites (tertiary alicyclic amines) is 2. The van der Waals surface area contributed by atoms with Crippen molar-refractivity contribution in [3.63, 3.8) is 0 Å². The normalized spacial score (nSPS) is 20.2. The average Bonchev–Trinajstić information content (AvgIpc) is 3.11. The molecule has 2 aliphatic rings. The number of amides is 3. The molecule has 1 aromatic carbocycles. The zero-order chi connectivity index (χ0) is 22.8. The van der Waals surface area contributed by atoms with Crippen molar-refractivity contribution >= 4 is 17.7 Å². The standard InChI is InChI=1S/C24H35N3O4/c1-16-6-7-20(12-17(16)2)31-15-21(28)25-19-8-10-26(11-9-19)23(30)18-13-22(29)27(14-18)24(3,4)5/h6-7,12,18-19H,8-11,13-15H2,1-5H3,(H,25,28). The molecule has 3 amide bonds. The number of hydrogen-bond donors (Lipinski definition) is 1. The molecule has 0 aromatic heterocycles. The third-order valence-electron chi connectivity index (χ3n) is 6.30. The van der Waals surface area contributed by atoms with Gasteiger partial charge < -0.3 is 19.9 Å². The Morgan fingerprint density at radius 2 is 1.81 bits per heavy atom. The lowest BCUT2D eigenvalue weighted by Gasteiger charge is -2.35. The van der Waals surface area contributed by atoms with E-state index in [1.807, 2.05) is 57.7 Å². The first-order chi connectivity index (χ1) is 14.5. The molecule has 170 valence electrons. The quantitative estimate of drug-likeness (QED) is 0.780. The SMILES string of the molecule is Cc1ccc(OCC(=O)NC2CCN(C(=O)C3CC(=O)N(C(C)(C)C)C3)CC2)cc1C. The summed E-state index contributed by atoms with van der Waals surface area (Å²) < 4.78 is 5.61. The van der Waals surface area contributed by atoms with E-state index in [-0.39, 0.29) is 41.8 Å². The van der Waals surface area contributed by atoms with Crippen LogP contribution in [0.2, 0.25) is 0 Å². The average molecular weight is 430 g/mol. The molecule has 1 atom stereocenters. The summed E-state index contributed by atoms with van der Waals surface area (Å²) >= 11 is 0. The van der Waals surface area contributed by atoms with Crippen LogP contribution in [0.4, 0.5) is 0 Å². The maximum absolute atomic E-state index is 12.9. The van der Waals surface area contributed by atoms with Gasteiger partial charge in [0.25, 0.3) is 5.91 Å². The van der Waals surface area contributed by atoms with Crippen LogP contribution < -0.4 is 10.1 Å². The smallest absolute Gasteiger partial charge is 0.258 e. The van der Waals surface area contributed by atoms with Gasteiger partial charge in [0.2, 0.25) is 11.8 Å². The van der Waals surface area contributed by atoms with Crippen molar-refractivity contribution in [3.8, 4) is 5.75 Å². The van der Waals surface area contributed by atoms with Crippen molar-refractivity contribution in [1.82, 2.24) is 15.1 Å². The van der Waals surface area contributed by atoms with E-state index in [0.29, 0.717) is 44.6 Å². The molecule has 7 heteroatoms. The van der Waals surface area contributed by atoms with Crippen LogP contribution >= 0.6 is 0 Å². The predicted molar refractivity (Wildman–Crippen MR) is 119 cm³/mol. The summed E-state index contributed by atoms with van der Waals surface area (Å²) in [6.45, 7) is 11.7. The van der Waals surface area contributed by atoms with Crippen molar-refractivity contribution in [2.75, 3.05) is 26.2 Å². The second-order valence-electron chi connectivity index (χ2n) is 9.78. The first kappa shape index (κ1) is 23.1. The molecule has 0 aliphatic carbocycles. The van der Waals surface area contributed by atoms with Crippen LogP contribution in [0.5, 0.6) is 5.75 Å². The van der Waals surface area contributed by atoms with Crippen LogP contribution in [0.25, 0.3) is 0 Å². The fourth-order valence-electron chi connectivity index (χ4n) is 4.25. The summed E-state index contributed by atoms with van der Waals surface area (Å²) in [5.41, 5.74) is 2.05. The number of carbonyl (C=O) groups excluding carboxylic acids is 3. The minimum Gasteiger partial charge on any atom is -0.484 e. The second kappa shape index (κ2) is 9.28. The highest BCUT2D eigenvalue weighted by Gasteiger charge is 2.41. The maximum atomic E-state index is 12.9. The van der Waals surface area contributed by atoms with Crippen LogP contribution in [-0.4, -0.2) is 65.3 Å². The Kier molecular flexibility index (Phi) is 6.92. The third-order valence-corrected chi connectivity index (χ3v) is 6.30. The van der Waals surface area contributed by atoms with Gasteiger partial charge in [0.1, 0.15) is 5.75 Å². The van der Waals surface area contributed by atoms with Gasteiger partial charge in [0, 0.05) is 37.6 Å². The van der Waals surface area contributed by atoms with Crippen LogP contribution in [0.15, 0.2) is 18.2 Å². The molecule has 0 saturated carbocycles. The largest absolute Gasteiger partial charge is 0.484 e. The summed E-state index contributed by atoms with van der Waals surface area (Å²) in [6, 6.07) is 5.82. The summed E-state index contributed by atoms with van der Waals surface area (Å²) in [4.78, 5) is 41.1. The van der Waals surface area contributed by atoms with Gasteiger partial charge in [-0.15, -0.1) is 0 Å². The Bertz CT molecular complexity index is 838. The molecule has 0 spiro atoms. The minimum absolute atomic E-state index is 0.0194. The molecule has 2 fully saturated rings. The van der Waals surface area contributed by atoms with Crippen molar-refractivity contribution in [3.05, 3.63) is 29.3 Å². The summed E-state index contributed by atoms with van der Waals surface area (Å²) in [7, 11) is 0. The van der Waals surface area contributed by atoms with Gasteiger partial charge in [-0.05, 0) is 70.7 Å². The lowest BCUT2D eigenvalue weighted by Crippen LogP contribution is -2.49. The van der Waals surface area contributed by atoms with Gasteiger partial charge >= 0.3 is 0 Å². The predicted octanol–water partition coefficient (Wildman–Crippen LogP) is 2.44. The van der Waals surface area contributed by atoms with Gasteiger partial charge in [0.15, 0.2) is 6.61 Å². The number of nitrogens with one attached hydrogen (secondary N) is 1. The fourth-order valence-corrected chi connectivity index (χ4v) is 4.25. The number of piperidine rings is 1. The number of benzene rings is 1. The molecule has 2 aliphatic heterocycles. The van der Waals surface area contributed by atoms with E-state index < -0.39 is 0 Å². The zero-order valence-electron chi connectivity index (χ0n) is 19.4. The van der Waals surface area contributed by atoms with Gasteiger partial charge in [-0.3, -0.25) is 14.4 Å². The van der Waals surface area contributed by atoms with E-state index in [2.05, 4.69) is 5.32 Å². The highest BCUT2D eigenvalue weighted by molar-refractivity contribution is 5.89. The monoisotopic (exact) mass is 429 g/mol. The highest BCUT2D eigenvalue weighted by atomic mass is 16.5. The second-order valence-corrected chi connectivity index (χ2v) is 9.78. The first-order valence-electron chi connectivity index (χ1n) is 11.1. The number of carbonyl (C=O) groups is 3. The molecule has 2 saturated heterocycles. The zero-order valence-corrected chi connectivity index (χ0v) is 19.4. The van der Waals surface area contributed by atoms with Crippen LogP contribution in [-0.2, 0) is 14.4 Å². The van der Waals surface area contributed by atoms with Gasteiger partial charge in [-0.25, -0.2) is 0 Å². The molecular formula is C24H35N3O4. The topological polar surface area (TPSA) is 79.0 Å². The maximum Gasteiger partial charge on any atom is 0.258 e. The first-order valence-corrected chi connectivity index (χ1v) is 11.1. The molecule has 31 heavy (non-hydrogen) atoms. The molecule has 2 heterocycles. The Morgan fingerprint density at radius 3 is 2.39 bits per heavy atom. The van der Waals surface area contributed by atoms with Crippen LogP contribution in [0.1, 0.15) is 51.2 Å². The fraction of sp³-hybridized carbons (Fsp3) is 0.625. The van der Waals surface area contributed by atoms with Crippen LogP contribution in [0.3, 0.4) is 0 Å². The van der Waals surface area contributed by atoms with E-state index in [9.17, 15) is 14.4 Å². The van der Waals surface area contributed by atoms with E-state index in [0.717, 1.165) is 5.56 Å². The molecular weight excluding hydrogens is 394 g/mol. The minimum atomic E-state index is -0.261. The van der Waals surface area contributed by atoms with Crippen molar-refractivity contribution < 1.29 is 19.1 Å². The van der Waals surface area contributed by atoms with Crippen LogP contribution in [0, 0.1) is 19.8 Å². The summed E-state index contributed by atoms with van der Waals surface area (Å²) in [6.07, 6.45) is 1.72. The molecule has 1 unspecified atom stereocenters. The summed E-state index contributed by atoms with van der Waals surface area (Å²) in [5.74, 6) is 0.392. The van der Waals surface area contributed by atoms with Gasteiger partial charge in [-0.2, -0.15) is 0 Å². The van der Waals surface area contributed by atoms with E-state index in [1.54, 1.807) is 4.90 Å². The Balaban J connectivity index is 1.42. The molecule has 0 bridgehead atoms. The number of nitrogens with zero attached hydrogens (tertiary/aromatic N) is 2. The van der Waals surface area contributed by atoms with Gasteiger partial charge in [0.05, 0.1) is 5.92 Å². The van der Waals surface area contributed by atoms with E-state index in [4.69, 9.17) is 4.74 Å². The number of hydrogen-bond acceptors (Lipinski definition) is 4. The van der Waals surface area contributed by atoms with Crippen molar-refractivity contribution in [1.29, 1.82) is 0 Å². The van der Waals surface area contributed by atoms with E-state index in [1.165, 1.54) is 5.56 Å². The van der Waals surface area contributed by atoms with Crippen molar-refractivity contribution in [2.45, 2.75) is 65.5 Å². The number of aryl methyl sites for hydroxylation is 2. The van der Waals surface area contributed by atoms with Gasteiger partial charge in [-0.1, -0.05) is 6.07 Å². The lowest BCUT2D eigenvalue weighted by molar-refractivity contribution is -0.137. The molecule has 1 aromatic rings. The third kappa shape index (κ3) is 5.77. The number of rotatable bonds is 5. The Morgan fingerprint density at radius 1 is 1.13 bits per heavy atom. The van der Waals surface area contributed by atoms with Crippen molar-refractivity contribution in [2.24, 2.45) is 5.92 Å². The molecule has 0 radical (unpaired) electrons. The highest BCUT2D eigenvalue weighted by Crippen LogP contribution is 2.28.